The molecule has 5 nitrogen and oxygen atoms in total. The maximum Gasteiger partial charge on any atom is 0.282 e. The van der Waals surface area contributed by atoms with E-state index < -0.39 is 0 Å². The smallest absolute Gasteiger partial charge is 0.282 e. The SMILES string of the molecule is Cn1ncc(NCCOc2ccccc2)c(Br)c1=O. The minimum Gasteiger partial charge on any atom is -0.492 e. The first-order valence-electron chi connectivity index (χ1n) is 5.82. The van der Waals surface area contributed by atoms with Crippen molar-refractivity contribution < 1.29 is 4.74 Å². The quantitative estimate of drug-likeness (QED) is 0.855. The van der Waals surface area contributed by atoms with Gasteiger partial charge in [-0.3, -0.25) is 4.79 Å². The Bertz CT molecular complexity index is 599. The van der Waals surface area contributed by atoms with Crippen LogP contribution in [0.25, 0.3) is 0 Å². The van der Waals surface area contributed by atoms with Crippen molar-refractivity contribution >= 4 is 21.6 Å². The Morgan fingerprint density at radius 2 is 2.11 bits per heavy atom. The monoisotopic (exact) mass is 323 g/mol. The number of benzene rings is 1. The molecule has 0 unspecified atom stereocenters. The van der Waals surface area contributed by atoms with Crippen LogP contribution < -0.4 is 15.6 Å². The standard InChI is InChI=1S/C13H14BrN3O2/c1-17-13(18)12(14)11(9-16-17)15-7-8-19-10-5-3-2-4-6-10/h2-6,9,15H,7-8H2,1H3. The molecule has 0 radical (unpaired) electrons. The van der Waals surface area contributed by atoms with Gasteiger partial charge in [-0.25, -0.2) is 4.68 Å². The van der Waals surface area contributed by atoms with Gasteiger partial charge in [-0.1, -0.05) is 18.2 Å². The van der Waals surface area contributed by atoms with Crippen molar-refractivity contribution in [3.8, 4) is 5.75 Å². The summed E-state index contributed by atoms with van der Waals surface area (Å²) < 4.78 is 7.29. The minimum atomic E-state index is -0.172. The molecule has 0 atom stereocenters. The molecule has 2 rings (SSSR count). The Morgan fingerprint density at radius 3 is 2.84 bits per heavy atom. The highest BCUT2D eigenvalue weighted by Crippen LogP contribution is 2.15. The van der Waals surface area contributed by atoms with E-state index in [9.17, 15) is 4.79 Å². The number of rotatable bonds is 5. The van der Waals surface area contributed by atoms with Crippen LogP contribution in [0.4, 0.5) is 5.69 Å². The molecule has 1 N–H and O–H groups in total. The molecule has 2 aromatic rings. The van der Waals surface area contributed by atoms with Gasteiger partial charge in [0.05, 0.1) is 11.9 Å². The van der Waals surface area contributed by atoms with Gasteiger partial charge in [0.15, 0.2) is 0 Å². The first-order valence-corrected chi connectivity index (χ1v) is 6.61. The molecule has 1 aromatic heterocycles. The molecule has 0 aliphatic rings. The Balaban J connectivity index is 1.87. The number of aryl methyl sites for hydroxylation is 1. The summed E-state index contributed by atoms with van der Waals surface area (Å²) in [5, 5.41) is 7.05. The van der Waals surface area contributed by atoms with Crippen LogP contribution in [0.1, 0.15) is 0 Å². The molecule has 0 saturated heterocycles. The second-order valence-electron chi connectivity index (χ2n) is 3.89. The summed E-state index contributed by atoms with van der Waals surface area (Å²) in [6.45, 7) is 1.09. The first-order chi connectivity index (χ1) is 9.18. The van der Waals surface area contributed by atoms with Crippen molar-refractivity contribution in [3.63, 3.8) is 0 Å². The van der Waals surface area contributed by atoms with Gasteiger partial charge in [-0.05, 0) is 28.1 Å². The van der Waals surface area contributed by atoms with Gasteiger partial charge in [0.1, 0.15) is 16.8 Å². The zero-order valence-corrected chi connectivity index (χ0v) is 12.1. The molecule has 0 fully saturated rings. The summed E-state index contributed by atoms with van der Waals surface area (Å²) in [5.74, 6) is 0.825. The Labute approximate surface area is 119 Å². The van der Waals surface area contributed by atoms with Crippen LogP contribution in [0.15, 0.2) is 45.8 Å². The topological polar surface area (TPSA) is 56.1 Å². The van der Waals surface area contributed by atoms with E-state index in [0.717, 1.165) is 5.75 Å². The molecule has 6 heteroatoms. The van der Waals surface area contributed by atoms with Crippen LogP contribution in [0.2, 0.25) is 0 Å². The van der Waals surface area contributed by atoms with Crippen molar-refractivity contribution in [2.24, 2.45) is 7.05 Å². The second kappa shape index (κ2) is 6.38. The van der Waals surface area contributed by atoms with E-state index in [1.165, 1.54) is 4.68 Å². The molecule has 19 heavy (non-hydrogen) atoms. The lowest BCUT2D eigenvalue weighted by molar-refractivity contribution is 0.333. The van der Waals surface area contributed by atoms with Crippen molar-refractivity contribution in [1.82, 2.24) is 9.78 Å². The summed E-state index contributed by atoms with van der Waals surface area (Å²) in [6.07, 6.45) is 1.61. The molecular weight excluding hydrogens is 310 g/mol. The highest BCUT2D eigenvalue weighted by molar-refractivity contribution is 9.10. The zero-order valence-electron chi connectivity index (χ0n) is 10.5. The molecule has 1 heterocycles. The predicted molar refractivity (Wildman–Crippen MR) is 77.6 cm³/mol. The van der Waals surface area contributed by atoms with Crippen LogP contribution in [0, 0.1) is 0 Å². The molecule has 0 amide bonds. The number of para-hydroxylation sites is 1. The first kappa shape index (κ1) is 13.6. The Hall–Kier alpha value is -1.82. The minimum absolute atomic E-state index is 0.172. The predicted octanol–water partition coefficient (Wildman–Crippen LogP) is 2.03. The number of nitrogens with zero attached hydrogens (tertiary/aromatic N) is 2. The van der Waals surface area contributed by atoms with Crippen molar-refractivity contribution in [2.45, 2.75) is 0 Å². The lowest BCUT2D eigenvalue weighted by Crippen LogP contribution is -2.22. The van der Waals surface area contributed by atoms with E-state index in [-0.39, 0.29) is 5.56 Å². The molecule has 0 aliphatic carbocycles. The van der Waals surface area contributed by atoms with Crippen molar-refractivity contribution in [1.29, 1.82) is 0 Å². The number of hydrogen-bond donors (Lipinski definition) is 1. The van der Waals surface area contributed by atoms with Crippen LogP contribution in [-0.2, 0) is 7.05 Å². The number of ether oxygens (including phenoxy) is 1. The number of halogens is 1. The van der Waals surface area contributed by atoms with E-state index in [4.69, 9.17) is 4.74 Å². The normalized spacial score (nSPS) is 10.2. The average Bonchev–Trinajstić information content (AvgIpc) is 2.44. The van der Waals surface area contributed by atoms with Gasteiger partial charge in [-0.15, -0.1) is 0 Å². The molecule has 0 spiro atoms. The molecule has 1 aromatic carbocycles. The molecule has 0 saturated carbocycles. The largest absolute Gasteiger partial charge is 0.492 e. The van der Waals surface area contributed by atoms with E-state index in [0.29, 0.717) is 23.3 Å². The number of anilines is 1. The van der Waals surface area contributed by atoms with Crippen molar-refractivity contribution in [3.05, 3.63) is 51.4 Å². The zero-order chi connectivity index (χ0) is 13.7. The third-order valence-corrected chi connectivity index (χ3v) is 3.27. The van der Waals surface area contributed by atoms with E-state index in [1.807, 2.05) is 30.3 Å². The molecule has 0 bridgehead atoms. The van der Waals surface area contributed by atoms with E-state index >= 15 is 0 Å². The van der Waals surface area contributed by atoms with Gasteiger partial charge in [0.25, 0.3) is 5.56 Å². The fraction of sp³-hybridized carbons (Fsp3) is 0.231. The summed E-state index contributed by atoms with van der Waals surface area (Å²) >= 11 is 3.25. The number of aromatic nitrogens is 2. The average molecular weight is 324 g/mol. The Morgan fingerprint density at radius 1 is 1.37 bits per heavy atom. The molecular formula is C13H14BrN3O2. The van der Waals surface area contributed by atoms with Gasteiger partial charge >= 0.3 is 0 Å². The third kappa shape index (κ3) is 3.57. The summed E-state index contributed by atoms with van der Waals surface area (Å²) in [4.78, 5) is 11.6. The van der Waals surface area contributed by atoms with Gasteiger partial charge in [0, 0.05) is 13.6 Å². The van der Waals surface area contributed by atoms with Gasteiger partial charge in [-0.2, -0.15) is 5.10 Å². The summed E-state index contributed by atoms with van der Waals surface area (Å²) in [6, 6.07) is 9.58. The van der Waals surface area contributed by atoms with E-state index in [2.05, 4.69) is 26.3 Å². The van der Waals surface area contributed by atoms with Gasteiger partial charge in [0.2, 0.25) is 0 Å². The van der Waals surface area contributed by atoms with E-state index in [1.54, 1.807) is 13.2 Å². The molecule has 0 aliphatic heterocycles. The van der Waals surface area contributed by atoms with Crippen molar-refractivity contribution in [2.75, 3.05) is 18.5 Å². The van der Waals surface area contributed by atoms with Crippen LogP contribution in [0.5, 0.6) is 5.75 Å². The second-order valence-corrected chi connectivity index (χ2v) is 4.68. The fourth-order valence-electron chi connectivity index (χ4n) is 1.51. The fourth-order valence-corrected chi connectivity index (χ4v) is 2.00. The summed E-state index contributed by atoms with van der Waals surface area (Å²) in [7, 11) is 1.61. The lowest BCUT2D eigenvalue weighted by Gasteiger charge is -2.09. The number of hydrogen-bond acceptors (Lipinski definition) is 4. The highest BCUT2D eigenvalue weighted by Gasteiger charge is 2.05. The maximum atomic E-state index is 11.6. The Kier molecular flexibility index (Phi) is 4.57. The van der Waals surface area contributed by atoms with Crippen LogP contribution in [0.3, 0.4) is 0 Å². The highest BCUT2D eigenvalue weighted by atomic mass is 79.9. The van der Waals surface area contributed by atoms with Gasteiger partial charge < -0.3 is 10.1 Å². The number of nitrogens with one attached hydrogen (secondary N) is 1. The summed E-state index contributed by atoms with van der Waals surface area (Å²) in [5.41, 5.74) is 0.494. The van der Waals surface area contributed by atoms with Crippen LogP contribution >= 0.6 is 15.9 Å². The molecule has 100 valence electrons. The maximum absolute atomic E-state index is 11.6. The third-order valence-electron chi connectivity index (χ3n) is 2.51. The lowest BCUT2D eigenvalue weighted by atomic mass is 10.3. The van der Waals surface area contributed by atoms with Crippen LogP contribution in [-0.4, -0.2) is 22.9 Å².